The lowest BCUT2D eigenvalue weighted by Gasteiger charge is -2.18. The fourth-order valence-electron chi connectivity index (χ4n) is 1.91. The average Bonchev–Trinajstić information content (AvgIpc) is 2.85. The van der Waals surface area contributed by atoms with Gasteiger partial charge in [0.1, 0.15) is 0 Å². The molecule has 0 aliphatic heterocycles. The van der Waals surface area contributed by atoms with Crippen LogP contribution in [0.1, 0.15) is 39.3 Å². The van der Waals surface area contributed by atoms with Gasteiger partial charge in [0.25, 0.3) is 0 Å². The zero-order valence-electron chi connectivity index (χ0n) is 12.2. The highest BCUT2D eigenvalue weighted by atomic mass is 16.2. The number of carbonyl (C=O) groups excluding carboxylic acids is 1. The zero-order chi connectivity index (χ0) is 14.1. The second kappa shape index (κ2) is 8.63. The van der Waals surface area contributed by atoms with Gasteiger partial charge in [-0.25, -0.2) is 0 Å². The van der Waals surface area contributed by atoms with E-state index in [1.807, 2.05) is 29.6 Å². The number of nitrogens with one attached hydrogen (secondary N) is 1. The van der Waals surface area contributed by atoms with Crippen molar-refractivity contribution in [3.05, 3.63) is 11.9 Å². The van der Waals surface area contributed by atoms with Crippen LogP contribution >= 0.6 is 0 Å². The molecule has 0 bridgehead atoms. The summed E-state index contributed by atoms with van der Waals surface area (Å²) in [6.45, 7) is 10.0. The molecule has 0 fully saturated rings. The first kappa shape index (κ1) is 15.6. The van der Waals surface area contributed by atoms with Crippen molar-refractivity contribution < 1.29 is 4.79 Å². The van der Waals surface area contributed by atoms with E-state index >= 15 is 0 Å². The van der Waals surface area contributed by atoms with E-state index < -0.39 is 0 Å². The zero-order valence-corrected chi connectivity index (χ0v) is 12.2. The fourth-order valence-corrected chi connectivity index (χ4v) is 1.91. The van der Waals surface area contributed by atoms with Crippen LogP contribution in [-0.2, 0) is 17.9 Å². The number of amides is 1. The number of rotatable bonds is 9. The third-order valence-corrected chi connectivity index (χ3v) is 3.04. The van der Waals surface area contributed by atoms with E-state index in [1.165, 1.54) is 0 Å². The molecule has 6 heteroatoms. The van der Waals surface area contributed by atoms with Gasteiger partial charge in [0.15, 0.2) is 0 Å². The molecule has 6 nitrogen and oxygen atoms in total. The molecular weight excluding hydrogens is 242 g/mol. The topological polar surface area (TPSA) is 63.1 Å². The van der Waals surface area contributed by atoms with Crippen LogP contribution in [0.15, 0.2) is 6.20 Å². The second-order valence-electron chi connectivity index (χ2n) is 4.42. The minimum Gasteiger partial charge on any atom is -0.343 e. The molecule has 1 aromatic rings. The van der Waals surface area contributed by atoms with Crippen molar-refractivity contribution in [2.45, 2.75) is 46.7 Å². The standard InChI is InChI=1S/C13H25N5O/c1-4-14-10-12-11-18(16-15-12)9-7-8-13(19)17(5-2)6-3/h11,14H,4-10H2,1-3H3. The minimum absolute atomic E-state index is 0.220. The quantitative estimate of drug-likeness (QED) is 0.726. The van der Waals surface area contributed by atoms with Crippen molar-refractivity contribution in [2.75, 3.05) is 19.6 Å². The van der Waals surface area contributed by atoms with Crippen LogP contribution in [0, 0.1) is 0 Å². The molecule has 0 aromatic carbocycles. The molecule has 1 heterocycles. The van der Waals surface area contributed by atoms with E-state index in [2.05, 4.69) is 22.6 Å². The maximum absolute atomic E-state index is 11.8. The van der Waals surface area contributed by atoms with Gasteiger partial charge in [0, 0.05) is 38.8 Å². The first-order chi connectivity index (χ1) is 9.21. The second-order valence-corrected chi connectivity index (χ2v) is 4.42. The van der Waals surface area contributed by atoms with Crippen LogP contribution in [0.2, 0.25) is 0 Å². The summed E-state index contributed by atoms with van der Waals surface area (Å²) in [5.74, 6) is 0.220. The molecule has 0 aliphatic rings. The van der Waals surface area contributed by atoms with E-state index in [-0.39, 0.29) is 5.91 Å². The number of carbonyl (C=O) groups is 1. The van der Waals surface area contributed by atoms with E-state index in [0.29, 0.717) is 6.42 Å². The lowest BCUT2D eigenvalue weighted by atomic mass is 10.2. The Morgan fingerprint density at radius 2 is 2.11 bits per heavy atom. The Balaban J connectivity index is 2.29. The molecule has 1 rings (SSSR count). The van der Waals surface area contributed by atoms with Gasteiger partial charge in [-0.1, -0.05) is 12.1 Å². The SMILES string of the molecule is CCNCc1cn(CCCC(=O)N(CC)CC)nn1. The van der Waals surface area contributed by atoms with Crippen LogP contribution < -0.4 is 5.32 Å². The van der Waals surface area contributed by atoms with Crippen molar-refractivity contribution in [1.29, 1.82) is 0 Å². The first-order valence-corrected chi connectivity index (χ1v) is 7.08. The van der Waals surface area contributed by atoms with E-state index in [1.54, 1.807) is 0 Å². The molecule has 1 N–H and O–H groups in total. The van der Waals surface area contributed by atoms with Crippen molar-refractivity contribution >= 4 is 5.91 Å². The summed E-state index contributed by atoms with van der Waals surface area (Å²) in [6, 6.07) is 0. The van der Waals surface area contributed by atoms with Crippen LogP contribution in [0.5, 0.6) is 0 Å². The van der Waals surface area contributed by atoms with Gasteiger partial charge in [-0.3, -0.25) is 9.48 Å². The maximum Gasteiger partial charge on any atom is 0.222 e. The molecule has 0 spiro atoms. The van der Waals surface area contributed by atoms with E-state index in [9.17, 15) is 4.79 Å². The number of hydrogen-bond acceptors (Lipinski definition) is 4. The average molecular weight is 267 g/mol. The van der Waals surface area contributed by atoms with Crippen LogP contribution in [0.3, 0.4) is 0 Å². The number of aromatic nitrogens is 3. The minimum atomic E-state index is 0.220. The van der Waals surface area contributed by atoms with E-state index in [4.69, 9.17) is 0 Å². The van der Waals surface area contributed by atoms with Crippen molar-refractivity contribution in [2.24, 2.45) is 0 Å². The Hall–Kier alpha value is -1.43. The van der Waals surface area contributed by atoms with Crippen LogP contribution in [0.4, 0.5) is 0 Å². The molecule has 0 saturated carbocycles. The summed E-state index contributed by atoms with van der Waals surface area (Å²) in [7, 11) is 0. The predicted octanol–water partition coefficient (Wildman–Crippen LogP) is 1.04. The third-order valence-electron chi connectivity index (χ3n) is 3.04. The maximum atomic E-state index is 11.8. The van der Waals surface area contributed by atoms with Gasteiger partial charge < -0.3 is 10.2 Å². The highest BCUT2D eigenvalue weighted by Gasteiger charge is 2.09. The normalized spacial score (nSPS) is 10.7. The predicted molar refractivity (Wildman–Crippen MR) is 74.6 cm³/mol. The molecular formula is C13H25N5O. The molecule has 1 aromatic heterocycles. The van der Waals surface area contributed by atoms with E-state index in [0.717, 1.165) is 44.8 Å². The first-order valence-electron chi connectivity index (χ1n) is 7.08. The lowest BCUT2D eigenvalue weighted by molar-refractivity contribution is -0.130. The molecule has 0 atom stereocenters. The Kier molecular flexibility index (Phi) is 7.10. The number of hydrogen-bond donors (Lipinski definition) is 1. The molecule has 1 amide bonds. The summed E-state index contributed by atoms with van der Waals surface area (Å²) >= 11 is 0. The molecule has 0 radical (unpaired) electrons. The summed E-state index contributed by atoms with van der Waals surface area (Å²) in [5.41, 5.74) is 0.942. The van der Waals surface area contributed by atoms with Gasteiger partial charge >= 0.3 is 0 Å². The smallest absolute Gasteiger partial charge is 0.222 e. The third kappa shape index (κ3) is 5.38. The van der Waals surface area contributed by atoms with Gasteiger partial charge in [0.2, 0.25) is 5.91 Å². The van der Waals surface area contributed by atoms with Crippen molar-refractivity contribution in [3.63, 3.8) is 0 Å². The summed E-state index contributed by atoms with van der Waals surface area (Å²) in [5, 5.41) is 11.3. The van der Waals surface area contributed by atoms with Gasteiger partial charge in [-0.15, -0.1) is 5.10 Å². The highest BCUT2D eigenvalue weighted by molar-refractivity contribution is 5.75. The van der Waals surface area contributed by atoms with Crippen molar-refractivity contribution in [3.8, 4) is 0 Å². The van der Waals surface area contributed by atoms with Gasteiger partial charge in [-0.2, -0.15) is 0 Å². The molecule has 19 heavy (non-hydrogen) atoms. The lowest BCUT2D eigenvalue weighted by Crippen LogP contribution is -2.30. The Labute approximate surface area is 115 Å². The monoisotopic (exact) mass is 267 g/mol. The number of nitrogens with zero attached hydrogens (tertiary/aromatic N) is 4. The summed E-state index contributed by atoms with van der Waals surface area (Å²) in [4.78, 5) is 13.7. The molecule has 0 unspecified atom stereocenters. The van der Waals surface area contributed by atoms with Crippen molar-refractivity contribution in [1.82, 2.24) is 25.2 Å². The summed E-state index contributed by atoms with van der Waals surface area (Å²) in [6.07, 6.45) is 3.31. The molecule has 0 aliphatic carbocycles. The molecule has 0 saturated heterocycles. The van der Waals surface area contributed by atoms with Gasteiger partial charge in [-0.05, 0) is 26.8 Å². The summed E-state index contributed by atoms with van der Waals surface area (Å²) < 4.78 is 1.81. The Bertz CT molecular complexity index is 373. The van der Waals surface area contributed by atoms with Gasteiger partial charge in [0.05, 0.1) is 5.69 Å². The Morgan fingerprint density at radius 1 is 1.37 bits per heavy atom. The molecule has 108 valence electrons. The van der Waals surface area contributed by atoms with Crippen LogP contribution in [-0.4, -0.2) is 45.4 Å². The number of aryl methyl sites for hydroxylation is 1. The highest BCUT2D eigenvalue weighted by Crippen LogP contribution is 2.01. The van der Waals surface area contributed by atoms with Crippen LogP contribution in [0.25, 0.3) is 0 Å². The fraction of sp³-hybridized carbons (Fsp3) is 0.769. The largest absolute Gasteiger partial charge is 0.343 e. The Morgan fingerprint density at radius 3 is 2.74 bits per heavy atom.